The van der Waals surface area contributed by atoms with Crippen LogP contribution in [0, 0.1) is 0 Å². The van der Waals surface area contributed by atoms with Gasteiger partial charge in [-0.25, -0.2) is 0 Å². The van der Waals surface area contributed by atoms with Gasteiger partial charge in [0.2, 0.25) is 0 Å². The van der Waals surface area contributed by atoms with Crippen molar-refractivity contribution >= 4 is 23.0 Å². The highest BCUT2D eigenvalue weighted by atomic mass is 32.1. The summed E-state index contributed by atoms with van der Waals surface area (Å²) in [6.07, 6.45) is 4.00. The van der Waals surface area contributed by atoms with Gasteiger partial charge in [0.25, 0.3) is 0 Å². The summed E-state index contributed by atoms with van der Waals surface area (Å²) >= 11 is 5.45. The summed E-state index contributed by atoms with van der Waals surface area (Å²) in [5, 5.41) is 7.37. The van der Waals surface area contributed by atoms with Gasteiger partial charge in [0, 0.05) is 17.8 Å². The fourth-order valence-corrected chi connectivity index (χ4v) is 3.22. The van der Waals surface area contributed by atoms with Gasteiger partial charge >= 0.3 is 0 Å². The van der Waals surface area contributed by atoms with Crippen molar-refractivity contribution in [2.24, 2.45) is 0 Å². The molecule has 128 valence electrons. The van der Waals surface area contributed by atoms with Crippen molar-refractivity contribution in [3.63, 3.8) is 0 Å². The van der Waals surface area contributed by atoms with Gasteiger partial charge in [-0.2, -0.15) is 0 Å². The zero-order valence-corrected chi connectivity index (χ0v) is 15.8. The smallest absolute Gasteiger partial charge is 0.170 e. The normalized spacial score (nSPS) is 16.4. The maximum absolute atomic E-state index is 5.45. The predicted molar refractivity (Wildman–Crippen MR) is 104 cm³/mol. The fourth-order valence-electron chi connectivity index (χ4n) is 3.03. The number of anilines is 1. The lowest BCUT2D eigenvalue weighted by atomic mass is 9.98. The number of rotatable bonds is 5. The molecular formula is C19H31N3S. The van der Waals surface area contributed by atoms with Crippen molar-refractivity contribution in [1.29, 1.82) is 0 Å². The molecule has 0 radical (unpaired) electrons. The van der Waals surface area contributed by atoms with E-state index in [4.69, 9.17) is 12.2 Å². The summed E-state index contributed by atoms with van der Waals surface area (Å²) in [5.74, 6) is 0.555. The largest absolute Gasteiger partial charge is 0.361 e. The van der Waals surface area contributed by atoms with E-state index in [1.54, 1.807) is 0 Å². The Labute approximate surface area is 146 Å². The van der Waals surface area contributed by atoms with Gasteiger partial charge in [-0.1, -0.05) is 32.4 Å². The standard InChI is InChI=1S/C19H31N3S/c1-15(2)16-8-10-17(11-9-16)21-18(23)20-14-19(3,4)22-12-6-5-7-13-22/h8-11,15H,5-7,12-14H2,1-4H3,(H2,20,21,23). The van der Waals surface area contributed by atoms with Gasteiger partial charge in [-0.05, 0) is 75.6 Å². The molecule has 0 aliphatic carbocycles. The lowest BCUT2D eigenvalue weighted by molar-refractivity contribution is 0.0986. The number of nitrogens with zero attached hydrogens (tertiary/aromatic N) is 1. The van der Waals surface area contributed by atoms with Crippen molar-refractivity contribution in [3.05, 3.63) is 29.8 Å². The molecule has 0 atom stereocenters. The van der Waals surface area contributed by atoms with E-state index in [1.807, 2.05) is 0 Å². The molecule has 2 rings (SSSR count). The molecule has 0 saturated carbocycles. The highest BCUT2D eigenvalue weighted by Gasteiger charge is 2.27. The highest BCUT2D eigenvalue weighted by Crippen LogP contribution is 2.20. The van der Waals surface area contributed by atoms with Crippen molar-refractivity contribution < 1.29 is 0 Å². The lowest BCUT2D eigenvalue weighted by Crippen LogP contribution is -2.53. The van der Waals surface area contributed by atoms with E-state index < -0.39 is 0 Å². The van der Waals surface area contributed by atoms with Gasteiger partial charge < -0.3 is 10.6 Å². The first kappa shape index (κ1) is 18.2. The van der Waals surface area contributed by atoms with Crippen molar-refractivity contribution in [2.75, 3.05) is 25.0 Å². The summed E-state index contributed by atoms with van der Waals surface area (Å²) in [7, 11) is 0. The zero-order chi connectivity index (χ0) is 16.9. The van der Waals surface area contributed by atoms with E-state index in [0.717, 1.165) is 12.2 Å². The third-order valence-electron chi connectivity index (χ3n) is 4.73. The Hall–Kier alpha value is -1.13. The lowest BCUT2D eigenvalue weighted by Gasteiger charge is -2.41. The molecule has 2 N–H and O–H groups in total. The summed E-state index contributed by atoms with van der Waals surface area (Å²) in [6.45, 7) is 12.3. The van der Waals surface area contributed by atoms with Crippen molar-refractivity contribution in [1.82, 2.24) is 10.2 Å². The molecule has 23 heavy (non-hydrogen) atoms. The van der Waals surface area contributed by atoms with Crippen LogP contribution in [0.15, 0.2) is 24.3 Å². The molecule has 0 unspecified atom stereocenters. The third kappa shape index (κ3) is 5.47. The number of hydrogen-bond acceptors (Lipinski definition) is 2. The fraction of sp³-hybridized carbons (Fsp3) is 0.632. The number of piperidine rings is 1. The quantitative estimate of drug-likeness (QED) is 0.783. The molecule has 0 amide bonds. The Balaban J connectivity index is 1.82. The van der Waals surface area contributed by atoms with E-state index in [2.05, 4.69) is 67.5 Å². The highest BCUT2D eigenvalue weighted by molar-refractivity contribution is 7.80. The molecule has 1 heterocycles. The average Bonchev–Trinajstić information content (AvgIpc) is 2.54. The Bertz CT molecular complexity index is 502. The van der Waals surface area contributed by atoms with E-state index in [9.17, 15) is 0 Å². The minimum absolute atomic E-state index is 0.133. The van der Waals surface area contributed by atoms with E-state index in [1.165, 1.54) is 37.9 Å². The second-order valence-corrected chi connectivity index (χ2v) is 7.85. The van der Waals surface area contributed by atoms with Crippen LogP contribution < -0.4 is 10.6 Å². The first-order valence-corrected chi connectivity index (χ1v) is 9.19. The van der Waals surface area contributed by atoms with Gasteiger partial charge in [-0.15, -0.1) is 0 Å². The minimum Gasteiger partial charge on any atom is -0.361 e. The van der Waals surface area contributed by atoms with Crippen LogP contribution in [-0.2, 0) is 0 Å². The maximum Gasteiger partial charge on any atom is 0.170 e. The van der Waals surface area contributed by atoms with Gasteiger partial charge in [0.05, 0.1) is 0 Å². The topological polar surface area (TPSA) is 27.3 Å². The van der Waals surface area contributed by atoms with Crippen LogP contribution in [0.1, 0.15) is 58.4 Å². The SMILES string of the molecule is CC(C)c1ccc(NC(=S)NCC(C)(C)N2CCCCC2)cc1. The first-order chi connectivity index (χ1) is 10.9. The van der Waals surface area contributed by atoms with Crippen LogP contribution in [0.4, 0.5) is 5.69 Å². The summed E-state index contributed by atoms with van der Waals surface area (Å²) in [6, 6.07) is 8.51. The number of likely N-dealkylation sites (tertiary alicyclic amines) is 1. The van der Waals surface area contributed by atoms with Crippen LogP contribution in [0.3, 0.4) is 0 Å². The third-order valence-corrected chi connectivity index (χ3v) is 4.98. The predicted octanol–water partition coefficient (Wildman–Crippen LogP) is 4.36. The second-order valence-electron chi connectivity index (χ2n) is 7.44. The molecule has 1 aliphatic heterocycles. The van der Waals surface area contributed by atoms with Crippen LogP contribution in [-0.4, -0.2) is 35.2 Å². The molecule has 1 fully saturated rings. The minimum atomic E-state index is 0.133. The zero-order valence-electron chi connectivity index (χ0n) is 15.0. The van der Waals surface area contributed by atoms with E-state index in [0.29, 0.717) is 11.0 Å². The molecule has 1 aliphatic rings. The van der Waals surface area contributed by atoms with E-state index >= 15 is 0 Å². The summed E-state index contributed by atoms with van der Waals surface area (Å²) < 4.78 is 0. The van der Waals surface area contributed by atoms with Gasteiger partial charge in [0.1, 0.15) is 0 Å². The molecule has 1 saturated heterocycles. The Morgan fingerprint density at radius 1 is 1.13 bits per heavy atom. The number of hydrogen-bond donors (Lipinski definition) is 2. The summed E-state index contributed by atoms with van der Waals surface area (Å²) in [4.78, 5) is 2.57. The Kier molecular flexibility index (Phi) is 6.42. The first-order valence-electron chi connectivity index (χ1n) is 8.78. The molecular weight excluding hydrogens is 302 g/mol. The molecule has 4 heteroatoms. The monoisotopic (exact) mass is 333 g/mol. The molecule has 0 aromatic heterocycles. The van der Waals surface area contributed by atoms with Crippen molar-refractivity contribution in [2.45, 2.75) is 58.4 Å². The molecule has 3 nitrogen and oxygen atoms in total. The average molecular weight is 334 g/mol. The van der Waals surface area contributed by atoms with Crippen LogP contribution >= 0.6 is 12.2 Å². The summed E-state index contributed by atoms with van der Waals surface area (Å²) in [5.41, 5.74) is 2.52. The van der Waals surface area contributed by atoms with Crippen LogP contribution in [0.25, 0.3) is 0 Å². The van der Waals surface area contributed by atoms with Gasteiger partial charge in [-0.3, -0.25) is 4.90 Å². The number of benzene rings is 1. The molecule has 1 aromatic rings. The maximum atomic E-state index is 5.45. The Morgan fingerprint density at radius 2 is 1.74 bits per heavy atom. The van der Waals surface area contributed by atoms with Crippen molar-refractivity contribution in [3.8, 4) is 0 Å². The number of thiocarbonyl (C=S) groups is 1. The second kappa shape index (κ2) is 8.11. The van der Waals surface area contributed by atoms with Crippen LogP contribution in [0.5, 0.6) is 0 Å². The molecule has 1 aromatic carbocycles. The van der Waals surface area contributed by atoms with Crippen LogP contribution in [0.2, 0.25) is 0 Å². The molecule has 0 bridgehead atoms. The molecule has 0 spiro atoms. The number of nitrogens with one attached hydrogen (secondary N) is 2. The Morgan fingerprint density at radius 3 is 2.30 bits per heavy atom. The van der Waals surface area contributed by atoms with E-state index in [-0.39, 0.29) is 5.54 Å². The van der Waals surface area contributed by atoms with Gasteiger partial charge in [0.15, 0.2) is 5.11 Å².